The van der Waals surface area contributed by atoms with Crippen molar-refractivity contribution in [2.45, 2.75) is 6.92 Å². The number of ether oxygens (including phenoxy) is 1. The van der Waals surface area contributed by atoms with Gasteiger partial charge >= 0.3 is 0 Å². The van der Waals surface area contributed by atoms with Crippen LogP contribution in [0.25, 0.3) is 0 Å². The standard InChI is InChI=1S/C13H10BrF2NO/c1-7-4-13(11(17)6-10(7)16)18-12-5-8(14)2-3-9(12)15/h2-6H,17H2,1H3. The molecule has 94 valence electrons. The molecule has 0 unspecified atom stereocenters. The lowest BCUT2D eigenvalue weighted by Gasteiger charge is -2.11. The van der Waals surface area contributed by atoms with Crippen molar-refractivity contribution >= 4 is 21.6 Å². The summed E-state index contributed by atoms with van der Waals surface area (Å²) in [6.45, 7) is 1.58. The van der Waals surface area contributed by atoms with Gasteiger partial charge in [-0.3, -0.25) is 0 Å². The summed E-state index contributed by atoms with van der Waals surface area (Å²) in [5.74, 6) is -0.679. The van der Waals surface area contributed by atoms with Gasteiger partial charge in [-0.2, -0.15) is 0 Å². The van der Waals surface area contributed by atoms with E-state index in [1.165, 1.54) is 18.2 Å². The van der Waals surface area contributed by atoms with Gasteiger partial charge < -0.3 is 10.5 Å². The number of hydrogen-bond donors (Lipinski definition) is 1. The smallest absolute Gasteiger partial charge is 0.165 e. The van der Waals surface area contributed by atoms with E-state index < -0.39 is 11.6 Å². The molecule has 2 aromatic carbocycles. The zero-order valence-corrected chi connectivity index (χ0v) is 11.1. The van der Waals surface area contributed by atoms with Crippen LogP contribution in [0.4, 0.5) is 14.5 Å². The van der Waals surface area contributed by atoms with Crippen molar-refractivity contribution in [2.75, 3.05) is 5.73 Å². The van der Waals surface area contributed by atoms with Crippen molar-refractivity contribution in [1.82, 2.24) is 0 Å². The fourth-order valence-electron chi connectivity index (χ4n) is 1.43. The fourth-order valence-corrected chi connectivity index (χ4v) is 1.77. The van der Waals surface area contributed by atoms with E-state index in [0.717, 1.165) is 6.07 Å². The minimum Gasteiger partial charge on any atom is -0.452 e. The molecule has 2 N–H and O–H groups in total. The van der Waals surface area contributed by atoms with Gasteiger partial charge in [-0.25, -0.2) is 8.78 Å². The summed E-state index contributed by atoms with van der Waals surface area (Å²) in [7, 11) is 0. The maximum Gasteiger partial charge on any atom is 0.165 e. The average molecular weight is 314 g/mol. The van der Waals surface area contributed by atoms with Crippen molar-refractivity contribution in [2.24, 2.45) is 0 Å². The normalized spacial score (nSPS) is 10.4. The zero-order valence-electron chi connectivity index (χ0n) is 9.51. The number of nitrogens with two attached hydrogens (primary N) is 1. The first kappa shape index (κ1) is 12.8. The van der Waals surface area contributed by atoms with Gasteiger partial charge in [0.05, 0.1) is 5.69 Å². The van der Waals surface area contributed by atoms with E-state index in [2.05, 4.69) is 15.9 Å². The van der Waals surface area contributed by atoms with Crippen LogP contribution in [-0.2, 0) is 0 Å². The van der Waals surface area contributed by atoms with Gasteiger partial charge in [0.25, 0.3) is 0 Å². The number of rotatable bonds is 2. The molecule has 0 saturated heterocycles. The maximum absolute atomic E-state index is 13.5. The van der Waals surface area contributed by atoms with Crippen LogP contribution in [0, 0.1) is 18.6 Å². The minimum atomic E-state index is -0.514. The van der Waals surface area contributed by atoms with Crippen molar-refractivity contribution in [3.63, 3.8) is 0 Å². The first-order valence-electron chi connectivity index (χ1n) is 5.16. The monoisotopic (exact) mass is 313 g/mol. The second kappa shape index (κ2) is 4.94. The maximum atomic E-state index is 13.5. The van der Waals surface area contributed by atoms with Crippen molar-refractivity contribution < 1.29 is 13.5 Å². The summed E-state index contributed by atoms with van der Waals surface area (Å²) in [5.41, 5.74) is 6.13. The second-order valence-electron chi connectivity index (χ2n) is 3.82. The molecular formula is C13H10BrF2NO. The lowest BCUT2D eigenvalue weighted by atomic mass is 10.2. The van der Waals surface area contributed by atoms with E-state index in [1.807, 2.05) is 0 Å². The van der Waals surface area contributed by atoms with E-state index in [0.29, 0.717) is 10.0 Å². The first-order chi connectivity index (χ1) is 8.47. The summed E-state index contributed by atoms with van der Waals surface area (Å²) in [5, 5.41) is 0. The lowest BCUT2D eigenvalue weighted by Crippen LogP contribution is -1.96. The molecule has 0 aliphatic rings. The van der Waals surface area contributed by atoms with Gasteiger partial charge in [0, 0.05) is 10.5 Å². The molecule has 2 nitrogen and oxygen atoms in total. The topological polar surface area (TPSA) is 35.2 Å². The van der Waals surface area contributed by atoms with Gasteiger partial charge in [0.15, 0.2) is 17.3 Å². The highest BCUT2D eigenvalue weighted by Crippen LogP contribution is 2.32. The molecule has 18 heavy (non-hydrogen) atoms. The Bertz CT molecular complexity index is 602. The van der Waals surface area contributed by atoms with Crippen molar-refractivity contribution in [1.29, 1.82) is 0 Å². The Labute approximate surface area is 112 Å². The number of aryl methyl sites for hydroxylation is 1. The number of anilines is 1. The largest absolute Gasteiger partial charge is 0.452 e. The van der Waals surface area contributed by atoms with Crippen LogP contribution in [-0.4, -0.2) is 0 Å². The van der Waals surface area contributed by atoms with E-state index in [-0.39, 0.29) is 17.2 Å². The summed E-state index contributed by atoms with van der Waals surface area (Å²) < 4.78 is 32.8. The Morgan fingerprint density at radius 2 is 1.78 bits per heavy atom. The lowest BCUT2D eigenvalue weighted by molar-refractivity contribution is 0.442. The minimum absolute atomic E-state index is 0.0297. The quantitative estimate of drug-likeness (QED) is 0.833. The van der Waals surface area contributed by atoms with E-state index in [9.17, 15) is 8.78 Å². The molecule has 0 spiro atoms. The molecule has 0 radical (unpaired) electrons. The van der Waals surface area contributed by atoms with Crippen LogP contribution in [0.1, 0.15) is 5.56 Å². The molecule has 0 aliphatic heterocycles. The van der Waals surface area contributed by atoms with Gasteiger partial charge in [0.2, 0.25) is 0 Å². The number of nitrogen functional groups attached to an aromatic ring is 1. The summed E-state index contributed by atoms with van der Waals surface area (Å²) in [6.07, 6.45) is 0. The molecule has 0 bridgehead atoms. The van der Waals surface area contributed by atoms with Crippen LogP contribution in [0.2, 0.25) is 0 Å². The van der Waals surface area contributed by atoms with E-state index >= 15 is 0 Å². The van der Waals surface area contributed by atoms with E-state index in [1.54, 1.807) is 13.0 Å². The van der Waals surface area contributed by atoms with Gasteiger partial charge in [-0.1, -0.05) is 15.9 Å². The molecule has 2 aromatic rings. The predicted octanol–water partition coefficient (Wildman–Crippen LogP) is 4.41. The highest BCUT2D eigenvalue weighted by molar-refractivity contribution is 9.10. The van der Waals surface area contributed by atoms with Crippen molar-refractivity contribution in [3.05, 3.63) is 52.0 Å². The Kier molecular flexibility index (Phi) is 3.52. The average Bonchev–Trinajstić information content (AvgIpc) is 2.30. The third-order valence-electron chi connectivity index (χ3n) is 2.40. The van der Waals surface area contributed by atoms with Crippen LogP contribution < -0.4 is 10.5 Å². The number of halogens is 3. The Morgan fingerprint density at radius 3 is 2.50 bits per heavy atom. The SMILES string of the molecule is Cc1cc(Oc2cc(Br)ccc2F)c(N)cc1F. The summed E-state index contributed by atoms with van der Waals surface area (Å²) >= 11 is 3.22. The van der Waals surface area contributed by atoms with Gasteiger partial charge in [-0.15, -0.1) is 0 Å². The van der Waals surface area contributed by atoms with Crippen LogP contribution in [0.3, 0.4) is 0 Å². The molecule has 0 aromatic heterocycles. The third kappa shape index (κ3) is 2.61. The molecule has 0 amide bonds. The second-order valence-corrected chi connectivity index (χ2v) is 4.73. The molecule has 0 heterocycles. The molecule has 5 heteroatoms. The van der Waals surface area contributed by atoms with Crippen LogP contribution >= 0.6 is 15.9 Å². The Morgan fingerprint density at radius 1 is 1.06 bits per heavy atom. The zero-order chi connectivity index (χ0) is 13.3. The molecule has 0 aliphatic carbocycles. The van der Waals surface area contributed by atoms with Crippen LogP contribution in [0.15, 0.2) is 34.8 Å². The Balaban J connectivity index is 2.40. The van der Waals surface area contributed by atoms with Crippen LogP contribution in [0.5, 0.6) is 11.5 Å². The predicted molar refractivity (Wildman–Crippen MR) is 69.7 cm³/mol. The highest BCUT2D eigenvalue weighted by atomic mass is 79.9. The molecule has 2 rings (SSSR count). The number of benzene rings is 2. The number of hydrogen-bond acceptors (Lipinski definition) is 2. The molecule has 0 atom stereocenters. The molecule has 0 fully saturated rings. The fraction of sp³-hybridized carbons (Fsp3) is 0.0769. The van der Waals surface area contributed by atoms with E-state index in [4.69, 9.17) is 10.5 Å². The summed E-state index contributed by atoms with van der Waals surface area (Å²) in [4.78, 5) is 0. The highest BCUT2D eigenvalue weighted by Gasteiger charge is 2.10. The van der Waals surface area contributed by atoms with Gasteiger partial charge in [-0.05, 0) is 36.8 Å². The third-order valence-corrected chi connectivity index (χ3v) is 2.90. The van der Waals surface area contributed by atoms with Crippen molar-refractivity contribution in [3.8, 4) is 11.5 Å². The van der Waals surface area contributed by atoms with Gasteiger partial charge in [0.1, 0.15) is 5.82 Å². The summed E-state index contributed by atoms with van der Waals surface area (Å²) in [6, 6.07) is 6.90. The molecular weight excluding hydrogens is 304 g/mol. The first-order valence-corrected chi connectivity index (χ1v) is 5.95. The molecule has 0 saturated carbocycles. The Hall–Kier alpha value is -1.62.